The highest BCUT2D eigenvalue weighted by molar-refractivity contribution is 6.43. The number of nitrogens with zero attached hydrogens (tertiary/aromatic N) is 2. The first kappa shape index (κ1) is 17.8. The van der Waals surface area contributed by atoms with E-state index >= 15 is 0 Å². The minimum Gasteiger partial charge on any atom is -0.384 e. The minimum absolute atomic E-state index is 0.179. The molecule has 0 bridgehead atoms. The second kappa shape index (κ2) is 6.52. The zero-order valence-corrected chi connectivity index (χ0v) is 14.1. The summed E-state index contributed by atoms with van der Waals surface area (Å²) in [5.74, 6) is -1.94. The van der Waals surface area contributed by atoms with Crippen LogP contribution < -0.4 is 5.32 Å². The van der Waals surface area contributed by atoms with E-state index in [1.165, 1.54) is 35.9 Å². The number of aromatic nitrogens is 2. The minimum atomic E-state index is -1.43. The van der Waals surface area contributed by atoms with Gasteiger partial charge in [-0.1, -0.05) is 12.1 Å². The monoisotopic (exact) mass is 333 g/mol. The molecular formula is C17H20FN3O3. The quantitative estimate of drug-likeness (QED) is 0.640. The molecule has 1 atom stereocenters. The van der Waals surface area contributed by atoms with E-state index in [2.05, 4.69) is 10.4 Å². The third-order valence-electron chi connectivity index (χ3n) is 4.00. The maximum Gasteiger partial charge on any atom is 0.292 e. The van der Waals surface area contributed by atoms with E-state index in [9.17, 15) is 19.1 Å². The number of ketones is 1. The lowest BCUT2D eigenvalue weighted by Crippen LogP contribution is -2.41. The van der Waals surface area contributed by atoms with Crippen LogP contribution >= 0.6 is 0 Å². The molecule has 0 aliphatic carbocycles. The Morgan fingerprint density at radius 2 is 1.88 bits per heavy atom. The smallest absolute Gasteiger partial charge is 0.292 e. The number of hydrogen-bond acceptors (Lipinski definition) is 4. The summed E-state index contributed by atoms with van der Waals surface area (Å²) < 4.78 is 14.5. The Hall–Kier alpha value is -2.54. The number of aryl methyl sites for hydroxylation is 2. The summed E-state index contributed by atoms with van der Waals surface area (Å²) in [5.41, 5.74) is 0.336. The van der Waals surface area contributed by atoms with Gasteiger partial charge in [0.2, 0.25) is 0 Å². The lowest BCUT2D eigenvalue weighted by Gasteiger charge is -2.24. The summed E-state index contributed by atoms with van der Waals surface area (Å²) in [5, 5.41) is 17.0. The number of carbonyl (C=O) groups is 2. The summed E-state index contributed by atoms with van der Waals surface area (Å²) in [7, 11) is 1.69. The lowest BCUT2D eigenvalue weighted by atomic mass is 9.96. The van der Waals surface area contributed by atoms with E-state index in [0.29, 0.717) is 17.0 Å². The second-order valence-electron chi connectivity index (χ2n) is 5.96. The highest BCUT2D eigenvalue weighted by atomic mass is 19.1. The van der Waals surface area contributed by atoms with Crippen LogP contribution in [-0.4, -0.2) is 33.1 Å². The molecule has 2 aromatic rings. The molecule has 0 saturated heterocycles. The number of aliphatic hydroxyl groups is 1. The Morgan fingerprint density at radius 3 is 2.38 bits per heavy atom. The summed E-state index contributed by atoms with van der Waals surface area (Å²) in [6.45, 7) is 4.66. The van der Waals surface area contributed by atoms with Gasteiger partial charge in [0, 0.05) is 12.7 Å². The van der Waals surface area contributed by atoms with Crippen molar-refractivity contribution in [3.63, 3.8) is 0 Å². The summed E-state index contributed by atoms with van der Waals surface area (Å²) in [4.78, 5) is 24.4. The first-order valence-electron chi connectivity index (χ1n) is 7.44. The van der Waals surface area contributed by atoms with Gasteiger partial charge >= 0.3 is 0 Å². The molecule has 2 N–H and O–H groups in total. The number of hydrogen-bond donors (Lipinski definition) is 2. The van der Waals surface area contributed by atoms with Crippen LogP contribution in [-0.2, 0) is 17.4 Å². The Morgan fingerprint density at radius 1 is 1.29 bits per heavy atom. The van der Waals surface area contributed by atoms with E-state index < -0.39 is 23.1 Å². The van der Waals surface area contributed by atoms with Crippen molar-refractivity contribution in [2.24, 2.45) is 7.05 Å². The largest absolute Gasteiger partial charge is 0.384 e. The Bertz CT molecular complexity index is 779. The molecule has 1 aromatic carbocycles. The summed E-state index contributed by atoms with van der Waals surface area (Å²) in [6.07, 6.45) is 0. The number of halogens is 1. The van der Waals surface area contributed by atoms with E-state index in [4.69, 9.17) is 0 Å². The third-order valence-corrected chi connectivity index (χ3v) is 4.00. The van der Waals surface area contributed by atoms with Crippen molar-refractivity contribution in [1.29, 1.82) is 0 Å². The fourth-order valence-electron chi connectivity index (χ4n) is 2.46. The van der Waals surface area contributed by atoms with Gasteiger partial charge in [0.1, 0.15) is 11.4 Å². The van der Waals surface area contributed by atoms with Gasteiger partial charge in [-0.3, -0.25) is 14.3 Å². The van der Waals surface area contributed by atoms with Crippen molar-refractivity contribution >= 4 is 11.7 Å². The molecule has 7 heteroatoms. The number of amides is 1. The molecule has 6 nitrogen and oxygen atoms in total. The summed E-state index contributed by atoms with van der Waals surface area (Å²) >= 11 is 0. The molecular weight excluding hydrogens is 313 g/mol. The SMILES string of the molecule is Cc1nn(C)c(C)c1C(=O)C(=O)NCC(C)(O)c1ccc(F)cc1. The first-order valence-corrected chi connectivity index (χ1v) is 7.44. The fourth-order valence-corrected chi connectivity index (χ4v) is 2.46. The van der Waals surface area contributed by atoms with Crippen LogP contribution in [0.5, 0.6) is 0 Å². The summed E-state index contributed by atoms with van der Waals surface area (Å²) in [6, 6.07) is 5.30. The fraction of sp³-hybridized carbons (Fsp3) is 0.353. The molecule has 1 heterocycles. The maximum absolute atomic E-state index is 13.0. The van der Waals surface area contributed by atoms with E-state index in [1.54, 1.807) is 20.9 Å². The third kappa shape index (κ3) is 3.51. The van der Waals surface area contributed by atoms with Crippen LogP contribution in [0.2, 0.25) is 0 Å². The van der Waals surface area contributed by atoms with E-state index in [-0.39, 0.29) is 12.1 Å². The van der Waals surface area contributed by atoms with Crippen LogP contribution in [0.1, 0.15) is 34.2 Å². The molecule has 0 saturated carbocycles. The average molecular weight is 333 g/mol. The molecule has 0 aliphatic rings. The van der Waals surface area contributed by atoms with Crippen molar-refractivity contribution in [2.45, 2.75) is 26.4 Å². The maximum atomic E-state index is 13.0. The van der Waals surface area contributed by atoms with Crippen molar-refractivity contribution in [1.82, 2.24) is 15.1 Å². The van der Waals surface area contributed by atoms with Gasteiger partial charge in [-0.25, -0.2) is 4.39 Å². The Balaban J connectivity index is 2.09. The zero-order valence-electron chi connectivity index (χ0n) is 14.1. The lowest BCUT2D eigenvalue weighted by molar-refractivity contribution is -0.118. The molecule has 0 spiro atoms. The number of carbonyl (C=O) groups excluding carboxylic acids is 2. The van der Waals surface area contributed by atoms with Crippen molar-refractivity contribution in [2.75, 3.05) is 6.54 Å². The Labute approximate surface area is 139 Å². The molecule has 1 aromatic heterocycles. The zero-order chi connectivity index (χ0) is 18.1. The van der Waals surface area contributed by atoms with Crippen molar-refractivity contribution in [3.8, 4) is 0 Å². The highest BCUT2D eigenvalue weighted by Crippen LogP contribution is 2.20. The number of rotatable bonds is 5. The standard InChI is InChI=1S/C17H20FN3O3/c1-10-14(11(2)21(4)20-10)15(22)16(23)19-9-17(3,24)12-5-7-13(18)8-6-12/h5-8,24H,9H2,1-4H3,(H,19,23). The predicted molar refractivity (Wildman–Crippen MR) is 86.0 cm³/mol. The van der Waals surface area contributed by atoms with Gasteiger partial charge in [-0.2, -0.15) is 5.10 Å². The first-order chi connectivity index (χ1) is 11.1. The van der Waals surface area contributed by atoms with Crippen LogP contribution in [0.25, 0.3) is 0 Å². The van der Waals surface area contributed by atoms with Gasteiger partial charge in [-0.15, -0.1) is 0 Å². The average Bonchev–Trinajstić information content (AvgIpc) is 2.77. The van der Waals surface area contributed by atoms with Gasteiger partial charge in [0.25, 0.3) is 11.7 Å². The van der Waals surface area contributed by atoms with E-state index in [0.717, 1.165) is 0 Å². The molecule has 128 valence electrons. The molecule has 0 aliphatic heterocycles. The topological polar surface area (TPSA) is 84.2 Å². The van der Waals surface area contributed by atoms with Gasteiger partial charge in [0.05, 0.1) is 17.8 Å². The number of Topliss-reactive ketones (excluding diaryl/α,β-unsaturated/α-hetero) is 1. The number of benzene rings is 1. The van der Waals surface area contributed by atoms with Crippen LogP contribution in [0.15, 0.2) is 24.3 Å². The molecule has 1 unspecified atom stereocenters. The molecule has 0 fully saturated rings. The molecule has 2 rings (SSSR count). The molecule has 1 amide bonds. The molecule has 24 heavy (non-hydrogen) atoms. The van der Waals surface area contributed by atoms with Gasteiger partial charge in [0.15, 0.2) is 0 Å². The highest BCUT2D eigenvalue weighted by Gasteiger charge is 2.28. The van der Waals surface area contributed by atoms with Gasteiger partial charge in [-0.05, 0) is 38.5 Å². The second-order valence-corrected chi connectivity index (χ2v) is 5.96. The van der Waals surface area contributed by atoms with Gasteiger partial charge < -0.3 is 10.4 Å². The Kier molecular flexibility index (Phi) is 4.84. The van der Waals surface area contributed by atoms with Crippen molar-refractivity contribution in [3.05, 3.63) is 52.6 Å². The van der Waals surface area contributed by atoms with Crippen molar-refractivity contribution < 1.29 is 19.1 Å². The van der Waals surface area contributed by atoms with E-state index in [1.807, 2.05) is 0 Å². The van der Waals surface area contributed by atoms with Crippen LogP contribution in [0, 0.1) is 19.7 Å². The van der Waals surface area contributed by atoms with Crippen LogP contribution in [0.3, 0.4) is 0 Å². The van der Waals surface area contributed by atoms with Crippen LogP contribution in [0.4, 0.5) is 4.39 Å². The predicted octanol–water partition coefficient (Wildman–Crippen LogP) is 1.38. The number of nitrogens with one attached hydrogen (secondary N) is 1. The molecule has 0 radical (unpaired) electrons. The normalized spacial score (nSPS) is 13.4.